The Labute approximate surface area is 108 Å². The van der Waals surface area contributed by atoms with Crippen LogP contribution in [0.1, 0.15) is 32.1 Å². The summed E-state index contributed by atoms with van der Waals surface area (Å²) in [6.07, 6.45) is 4.59. The number of aliphatic hydroxyl groups is 1. The maximum Gasteiger partial charge on any atom is 0.239 e. The van der Waals surface area contributed by atoms with E-state index in [2.05, 4.69) is 5.32 Å². The van der Waals surface area contributed by atoms with E-state index in [1.54, 1.807) is 19.1 Å². The molecule has 1 amide bonds. The van der Waals surface area contributed by atoms with Gasteiger partial charge in [-0.05, 0) is 19.3 Å². The summed E-state index contributed by atoms with van der Waals surface area (Å²) in [4.78, 5) is 13.9. The van der Waals surface area contributed by atoms with E-state index < -0.39 is 5.60 Å². The van der Waals surface area contributed by atoms with Crippen molar-refractivity contribution < 1.29 is 14.6 Å². The molecule has 0 aromatic rings. The Kier molecular flexibility index (Phi) is 4.25. The molecular weight excluding hydrogens is 232 g/mol. The van der Waals surface area contributed by atoms with Crippen molar-refractivity contribution in [2.45, 2.75) is 49.9 Å². The molecule has 1 aliphatic carbocycles. The van der Waals surface area contributed by atoms with Crippen molar-refractivity contribution in [2.75, 3.05) is 27.2 Å². The number of nitrogens with one attached hydrogen (secondary N) is 1. The Hall–Kier alpha value is -0.650. The lowest BCUT2D eigenvalue weighted by molar-refractivity contribution is -0.135. The maximum atomic E-state index is 12.2. The number of rotatable bonds is 4. The SMILES string of the molecule is COC1CNC(C(=O)N(C)CC2(O)CCCC2)C1. The summed E-state index contributed by atoms with van der Waals surface area (Å²) in [6, 6.07) is -0.162. The van der Waals surface area contributed by atoms with E-state index >= 15 is 0 Å². The molecule has 2 N–H and O–H groups in total. The van der Waals surface area contributed by atoms with Crippen LogP contribution >= 0.6 is 0 Å². The van der Waals surface area contributed by atoms with Gasteiger partial charge in [-0.1, -0.05) is 12.8 Å². The van der Waals surface area contributed by atoms with E-state index in [0.717, 1.165) is 38.6 Å². The molecule has 2 fully saturated rings. The number of likely N-dealkylation sites (N-methyl/N-ethyl adjacent to an activating group) is 1. The van der Waals surface area contributed by atoms with Crippen LogP contribution < -0.4 is 5.32 Å². The number of carbonyl (C=O) groups excluding carboxylic acids is 1. The van der Waals surface area contributed by atoms with Crippen LogP contribution in [0.4, 0.5) is 0 Å². The number of carbonyl (C=O) groups is 1. The van der Waals surface area contributed by atoms with E-state index in [9.17, 15) is 9.90 Å². The van der Waals surface area contributed by atoms with Crippen LogP contribution in [0.25, 0.3) is 0 Å². The molecular formula is C13H24N2O3. The molecule has 2 unspecified atom stereocenters. The number of hydrogen-bond donors (Lipinski definition) is 2. The average molecular weight is 256 g/mol. The second-order valence-electron chi connectivity index (χ2n) is 5.68. The highest BCUT2D eigenvalue weighted by molar-refractivity contribution is 5.82. The minimum absolute atomic E-state index is 0.0647. The molecule has 5 nitrogen and oxygen atoms in total. The zero-order valence-corrected chi connectivity index (χ0v) is 11.3. The van der Waals surface area contributed by atoms with Gasteiger partial charge in [0.2, 0.25) is 5.91 Å². The highest BCUT2D eigenvalue weighted by atomic mass is 16.5. The Morgan fingerprint density at radius 3 is 2.72 bits per heavy atom. The molecule has 1 aliphatic heterocycles. The fourth-order valence-electron chi connectivity index (χ4n) is 3.05. The lowest BCUT2D eigenvalue weighted by Crippen LogP contribution is -2.48. The van der Waals surface area contributed by atoms with Crippen LogP contribution in [0.3, 0.4) is 0 Å². The van der Waals surface area contributed by atoms with Gasteiger partial charge in [-0.3, -0.25) is 4.79 Å². The zero-order valence-electron chi connectivity index (χ0n) is 11.3. The third-order valence-corrected chi connectivity index (χ3v) is 4.16. The summed E-state index contributed by atoms with van der Waals surface area (Å²) in [7, 11) is 3.45. The van der Waals surface area contributed by atoms with Gasteiger partial charge in [0, 0.05) is 27.2 Å². The van der Waals surface area contributed by atoms with Crippen LogP contribution in [-0.4, -0.2) is 60.9 Å². The van der Waals surface area contributed by atoms with Gasteiger partial charge in [0.05, 0.1) is 17.7 Å². The summed E-state index contributed by atoms with van der Waals surface area (Å²) >= 11 is 0. The topological polar surface area (TPSA) is 61.8 Å². The van der Waals surface area contributed by atoms with Gasteiger partial charge in [-0.15, -0.1) is 0 Å². The van der Waals surface area contributed by atoms with Gasteiger partial charge in [0.15, 0.2) is 0 Å². The molecule has 18 heavy (non-hydrogen) atoms. The molecule has 2 atom stereocenters. The smallest absolute Gasteiger partial charge is 0.239 e. The van der Waals surface area contributed by atoms with Gasteiger partial charge < -0.3 is 20.1 Å². The number of methoxy groups -OCH3 is 1. The molecule has 1 saturated heterocycles. The molecule has 2 rings (SSSR count). The number of hydrogen-bond acceptors (Lipinski definition) is 4. The minimum atomic E-state index is -0.663. The van der Waals surface area contributed by atoms with Crippen molar-refractivity contribution in [3.05, 3.63) is 0 Å². The van der Waals surface area contributed by atoms with Crippen molar-refractivity contribution in [2.24, 2.45) is 0 Å². The average Bonchev–Trinajstić information content (AvgIpc) is 2.96. The fraction of sp³-hybridized carbons (Fsp3) is 0.923. The van der Waals surface area contributed by atoms with Gasteiger partial charge in [-0.2, -0.15) is 0 Å². The minimum Gasteiger partial charge on any atom is -0.388 e. The predicted octanol–water partition coefficient (Wildman–Crippen LogP) is 0.127. The quantitative estimate of drug-likeness (QED) is 0.750. The molecule has 1 heterocycles. The monoisotopic (exact) mass is 256 g/mol. The molecule has 0 spiro atoms. The molecule has 0 aromatic carbocycles. The highest BCUT2D eigenvalue weighted by Gasteiger charge is 2.36. The predicted molar refractivity (Wildman–Crippen MR) is 68.3 cm³/mol. The Morgan fingerprint density at radius 1 is 1.50 bits per heavy atom. The van der Waals surface area contributed by atoms with Gasteiger partial charge in [0.1, 0.15) is 0 Å². The van der Waals surface area contributed by atoms with E-state index in [1.165, 1.54) is 0 Å². The summed E-state index contributed by atoms with van der Waals surface area (Å²) < 4.78 is 5.24. The van der Waals surface area contributed by atoms with Gasteiger partial charge >= 0.3 is 0 Å². The molecule has 0 bridgehead atoms. The van der Waals surface area contributed by atoms with Crippen LogP contribution in [0.5, 0.6) is 0 Å². The fourth-order valence-corrected chi connectivity index (χ4v) is 3.05. The molecule has 5 heteroatoms. The lowest BCUT2D eigenvalue weighted by atomic mass is 10.0. The summed E-state index contributed by atoms with van der Waals surface area (Å²) in [5, 5.41) is 13.5. The largest absolute Gasteiger partial charge is 0.388 e. The maximum absolute atomic E-state index is 12.2. The number of ether oxygens (including phenoxy) is 1. The standard InChI is InChI=1S/C13H24N2O3/c1-15(9-13(17)5-3-4-6-13)12(16)11-7-10(18-2)8-14-11/h10-11,14,17H,3-9H2,1-2H3. The molecule has 104 valence electrons. The van der Waals surface area contributed by atoms with Gasteiger partial charge in [-0.25, -0.2) is 0 Å². The normalized spacial score (nSPS) is 30.6. The number of amides is 1. The molecule has 0 aromatic heterocycles. The van der Waals surface area contributed by atoms with E-state index in [0.29, 0.717) is 6.54 Å². The first-order valence-corrected chi connectivity index (χ1v) is 6.78. The van der Waals surface area contributed by atoms with E-state index in [1.807, 2.05) is 0 Å². The Balaban J connectivity index is 1.85. The van der Waals surface area contributed by atoms with Crippen LogP contribution in [0.15, 0.2) is 0 Å². The Bertz CT molecular complexity index is 303. The lowest BCUT2D eigenvalue weighted by Gasteiger charge is -2.30. The zero-order chi connectivity index (χ0) is 13.2. The van der Waals surface area contributed by atoms with Gasteiger partial charge in [0.25, 0.3) is 0 Å². The summed E-state index contributed by atoms with van der Waals surface area (Å²) in [5.74, 6) is 0.0647. The molecule has 1 saturated carbocycles. The van der Waals surface area contributed by atoms with Crippen LogP contribution in [-0.2, 0) is 9.53 Å². The molecule has 2 aliphatic rings. The first-order valence-electron chi connectivity index (χ1n) is 6.78. The van der Waals surface area contributed by atoms with Crippen molar-refractivity contribution >= 4 is 5.91 Å². The van der Waals surface area contributed by atoms with Crippen LogP contribution in [0.2, 0.25) is 0 Å². The van der Waals surface area contributed by atoms with Crippen molar-refractivity contribution in [1.29, 1.82) is 0 Å². The first-order chi connectivity index (χ1) is 8.54. The van der Waals surface area contributed by atoms with Crippen molar-refractivity contribution in [3.63, 3.8) is 0 Å². The third kappa shape index (κ3) is 3.02. The van der Waals surface area contributed by atoms with Crippen LogP contribution in [0, 0.1) is 0 Å². The van der Waals surface area contributed by atoms with E-state index in [-0.39, 0.29) is 18.1 Å². The second-order valence-corrected chi connectivity index (χ2v) is 5.68. The van der Waals surface area contributed by atoms with E-state index in [4.69, 9.17) is 4.74 Å². The third-order valence-electron chi connectivity index (χ3n) is 4.16. The summed E-state index contributed by atoms with van der Waals surface area (Å²) in [6.45, 7) is 1.17. The Morgan fingerprint density at radius 2 is 2.17 bits per heavy atom. The second kappa shape index (κ2) is 5.55. The highest BCUT2D eigenvalue weighted by Crippen LogP contribution is 2.30. The first kappa shape index (κ1) is 13.8. The van der Waals surface area contributed by atoms with Crippen molar-refractivity contribution in [1.82, 2.24) is 10.2 Å². The summed E-state index contributed by atoms with van der Waals surface area (Å²) in [5.41, 5.74) is -0.663. The van der Waals surface area contributed by atoms with Crippen molar-refractivity contribution in [3.8, 4) is 0 Å². The molecule has 0 radical (unpaired) electrons. The number of nitrogens with zero attached hydrogens (tertiary/aromatic N) is 1.